The summed E-state index contributed by atoms with van der Waals surface area (Å²) in [5.74, 6) is 0. The van der Waals surface area contributed by atoms with Crippen LogP contribution in [-0.4, -0.2) is 13.3 Å². The third-order valence-electron chi connectivity index (χ3n) is 3.43. The molecule has 0 aliphatic carbocycles. The molecule has 0 aliphatic rings. The Morgan fingerprint density at radius 2 is 1.85 bits per heavy atom. The minimum absolute atomic E-state index is 0.738. The summed E-state index contributed by atoms with van der Waals surface area (Å²) in [7, 11) is 2.00. The van der Waals surface area contributed by atoms with Crippen LogP contribution in [0.3, 0.4) is 0 Å². The zero-order chi connectivity index (χ0) is 14.5. The molecule has 0 unspecified atom stereocenters. The maximum absolute atomic E-state index is 9.42. The maximum Gasteiger partial charge on any atom is 0.103 e. The SMILES string of the molecule is CCc1ccc(N(C)c2cccc(SC)c2C#N)cc1. The Bertz CT molecular complexity index is 626. The quantitative estimate of drug-likeness (QED) is 0.766. The summed E-state index contributed by atoms with van der Waals surface area (Å²) in [5.41, 5.74) is 4.10. The van der Waals surface area contributed by atoms with Gasteiger partial charge in [-0.1, -0.05) is 25.1 Å². The number of hydrogen-bond acceptors (Lipinski definition) is 3. The fraction of sp³-hybridized carbons (Fsp3) is 0.235. The second-order valence-corrected chi connectivity index (χ2v) is 5.39. The van der Waals surface area contributed by atoms with Crippen molar-refractivity contribution in [3.05, 3.63) is 53.6 Å². The Hall–Kier alpha value is -1.92. The first-order valence-electron chi connectivity index (χ1n) is 6.61. The van der Waals surface area contributed by atoms with E-state index in [2.05, 4.69) is 42.2 Å². The van der Waals surface area contributed by atoms with Gasteiger partial charge in [-0.25, -0.2) is 0 Å². The van der Waals surface area contributed by atoms with E-state index < -0.39 is 0 Å². The fourth-order valence-corrected chi connectivity index (χ4v) is 2.74. The predicted octanol–water partition coefficient (Wildman–Crippen LogP) is 4.61. The van der Waals surface area contributed by atoms with Gasteiger partial charge in [0.2, 0.25) is 0 Å². The van der Waals surface area contributed by atoms with Crippen LogP contribution in [0.5, 0.6) is 0 Å². The number of aryl methyl sites for hydroxylation is 1. The van der Waals surface area contributed by atoms with Gasteiger partial charge in [0.1, 0.15) is 6.07 Å². The first-order valence-corrected chi connectivity index (χ1v) is 7.83. The first kappa shape index (κ1) is 14.5. The lowest BCUT2D eigenvalue weighted by molar-refractivity contribution is 1.13. The van der Waals surface area contributed by atoms with Gasteiger partial charge in [0.25, 0.3) is 0 Å². The highest BCUT2D eigenvalue weighted by molar-refractivity contribution is 7.98. The smallest absolute Gasteiger partial charge is 0.103 e. The number of nitrogens with zero attached hydrogens (tertiary/aromatic N) is 2. The molecule has 0 bridgehead atoms. The van der Waals surface area contributed by atoms with Crippen molar-refractivity contribution in [2.24, 2.45) is 0 Å². The van der Waals surface area contributed by atoms with E-state index in [0.29, 0.717) is 0 Å². The van der Waals surface area contributed by atoms with Crippen molar-refractivity contribution in [1.82, 2.24) is 0 Å². The van der Waals surface area contributed by atoms with Crippen LogP contribution in [0, 0.1) is 11.3 Å². The molecule has 0 heterocycles. The molecule has 0 aliphatic heterocycles. The van der Waals surface area contributed by atoms with E-state index in [-0.39, 0.29) is 0 Å². The van der Waals surface area contributed by atoms with Crippen molar-refractivity contribution in [2.45, 2.75) is 18.2 Å². The van der Waals surface area contributed by atoms with Crippen LogP contribution < -0.4 is 4.90 Å². The molecular formula is C17H18N2S. The predicted molar refractivity (Wildman–Crippen MR) is 86.8 cm³/mol. The Morgan fingerprint density at radius 1 is 1.15 bits per heavy atom. The molecule has 0 N–H and O–H groups in total. The number of thioether (sulfide) groups is 1. The summed E-state index contributed by atoms with van der Waals surface area (Å²) >= 11 is 1.60. The molecule has 0 spiro atoms. The van der Waals surface area contributed by atoms with E-state index in [1.165, 1.54) is 5.56 Å². The Balaban J connectivity index is 2.42. The van der Waals surface area contributed by atoms with Crippen LogP contribution in [0.2, 0.25) is 0 Å². The van der Waals surface area contributed by atoms with Crippen molar-refractivity contribution in [1.29, 1.82) is 5.26 Å². The number of rotatable bonds is 4. The molecule has 0 saturated heterocycles. The zero-order valence-corrected chi connectivity index (χ0v) is 12.9. The lowest BCUT2D eigenvalue weighted by atomic mass is 10.1. The van der Waals surface area contributed by atoms with E-state index in [1.54, 1.807) is 11.8 Å². The molecular weight excluding hydrogens is 264 g/mol. The number of benzene rings is 2. The molecule has 20 heavy (non-hydrogen) atoms. The first-order chi connectivity index (χ1) is 9.71. The van der Waals surface area contributed by atoms with Crippen molar-refractivity contribution in [3.8, 4) is 6.07 Å². The van der Waals surface area contributed by atoms with E-state index in [9.17, 15) is 5.26 Å². The summed E-state index contributed by atoms with van der Waals surface area (Å²) in [5, 5.41) is 9.42. The molecule has 102 valence electrons. The van der Waals surface area contributed by atoms with Gasteiger partial charge in [0.05, 0.1) is 11.3 Å². The molecule has 0 fully saturated rings. The molecule has 2 rings (SSSR count). The second-order valence-electron chi connectivity index (χ2n) is 4.55. The summed E-state index contributed by atoms with van der Waals surface area (Å²) in [6.07, 6.45) is 3.03. The molecule has 0 radical (unpaired) electrons. The van der Waals surface area contributed by atoms with Crippen molar-refractivity contribution in [3.63, 3.8) is 0 Å². The van der Waals surface area contributed by atoms with Gasteiger partial charge in [-0.3, -0.25) is 0 Å². The van der Waals surface area contributed by atoms with Gasteiger partial charge >= 0.3 is 0 Å². The van der Waals surface area contributed by atoms with Crippen LogP contribution in [0.1, 0.15) is 18.1 Å². The molecule has 0 atom stereocenters. The van der Waals surface area contributed by atoms with Gasteiger partial charge in [-0.2, -0.15) is 5.26 Å². The Morgan fingerprint density at radius 3 is 2.40 bits per heavy atom. The topological polar surface area (TPSA) is 27.0 Å². The van der Waals surface area contributed by atoms with Crippen LogP contribution in [-0.2, 0) is 6.42 Å². The average molecular weight is 282 g/mol. The van der Waals surface area contributed by atoms with Crippen LogP contribution in [0.25, 0.3) is 0 Å². The lowest BCUT2D eigenvalue weighted by Gasteiger charge is -2.22. The highest BCUT2D eigenvalue weighted by Gasteiger charge is 2.12. The van der Waals surface area contributed by atoms with Crippen molar-refractivity contribution < 1.29 is 0 Å². The Kier molecular flexibility index (Phi) is 4.70. The molecule has 2 nitrogen and oxygen atoms in total. The monoisotopic (exact) mass is 282 g/mol. The van der Waals surface area contributed by atoms with Crippen LogP contribution in [0.4, 0.5) is 11.4 Å². The summed E-state index contributed by atoms with van der Waals surface area (Å²) in [4.78, 5) is 3.08. The highest BCUT2D eigenvalue weighted by Crippen LogP contribution is 2.32. The Labute approximate surface area is 125 Å². The fourth-order valence-electron chi connectivity index (χ4n) is 2.18. The molecule has 3 heteroatoms. The van der Waals surface area contributed by atoms with Gasteiger partial charge in [-0.05, 0) is 42.5 Å². The third-order valence-corrected chi connectivity index (χ3v) is 4.21. The van der Waals surface area contributed by atoms with Crippen molar-refractivity contribution in [2.75, 3.05) is 18.2 Å². The van der Waals surface area contributed by atoms with Gasteiger partial charge < -0.3 is 4.90 Å². The normalized spacial score (nSPS) is 10.1. The number of hydrogen-bond donors (Lipinski definition) is 0. The second kappa shape index (κ2) is 6.49. The van der Waals surface area contributed by atoms with Crippen molar-refractivity contribution >= 4 is 23.1 Å². The van der Waals surface area contributed by atoms with Crippen LogP contribution in [0.15, 0.2) is 47.4 Å². The number of anilines is 2. The van der Waals surface area contributed by atoms with Gasteiger partial charge in [0.15, 0.2) is 0 Å². The summed E-state index contributed by atoms with van der Waals surface area (Å²) in [6, 6.07) is 16.8. The maximum atomic E-state index is 9.42. The van der Waals surface area contributed by atoms with Gasteiger partial charge in [-0.15, -0.1) is 11.8 Å². The molecule has 2 aromatic rings. The van der Waals surface area contributed by atoms with E-state index >= 15 is 0 Å². The van der Waals surface area contributed by atoms with Crippen LogP contribution >= 0.6 is 11.8 Å². The summed E-state index contributed by atoms with van der Waals surface area (Å²) in [6.45, 7) is 2.15. The van der Waals surface area contributed by atoms with E-state index in [0.717, 1.165) is 28.3 Å². The third kappa shape index (κ3) is 2.81. The molecule has 0 aromatic heterocycles. The molecule has 0 saturated carbocycles. The number of nitriles is 1. The molecule has 0 amide bonds. The highest BCUT2D eigenvalue weighted by atomic mass is 32.2. The summed E-state index contributed by atoms with van der Waals surface area (Å²) < 4.78 is 0. The standard InChI is InChI=1S/C17H18N2S/c1-4-13-8-10-14(11-9-13)19(2)16-6-5-7-17(20-3)15(16)12-18/h5-11H,4H2,1-3H3. The molecule has 2 aromatic carbocycles. The average Bonchev–Trinajstić information content (AvgIpc) is 2.53. The largest absolute Gasteiger partial charge is 0.344 e. The minimum Gasteiger partial charge on any atom is -0.344 e. The zero-order valence-electron chi connectivity index (χ0n) is 12.1. The van der Waals surface area contributed by atoms with Gasteiger partial charge in [0, 0.05) is 17.6 Å². The van der Waals surface area contributed by atoms with E-state index in [1.807, 2.05) is 31.5 Å². The lowest BCUT2D eigenvalue weighted by Crippen LogP contribution is -2.11. The van der Waals surface area contributed by atoms with E-state index in [4.69, 9.17) is 0 Å². The minimum atomic E-state index is 0.738.